The number of amides is 1. The predicted octanol–water partition coefficient (Wildman–Crippen LogP) is 1.96. The Kier molecular flexibility index (Phi) is 2.95. The highest BCUT2D eigenvalue weighted by atomic mass is 79.9. The number of piperidine rings is 1. The molecule has 1 aromatic heterocycles. The third-order valence-corrected chi connectivity index (χ3v) is 3.11. The van der Waals surface area contributed by atoms with E-state index < -0.39 is 6.09 Å². The molecule has 0 saturated carbocycles. The van der Waals surface area contributed by atoms with Gasteiger partial charge in [-0.2, -0.15) is 5.10 Å². The lowest BCUT2D eigenvalue weighted by atomic mass is 10.1. The molecule has 0 atom stereocenters. The van der Waals surface area contributed by atoms with Crippen molar-refractivity contribution in [2.45, 2.75) is 18.9 Å². The summed E-state index contributed by atoms with van der Waals surface area (Å²) in [6, 6.07) is 2.22. The monoisotopic (exact) mass is 273 g/mol. The molecule has 0 aromatic carbocycles. The fourth-order valence-corrected chi connectivity index (χ4v) is 2.14. The van der Waals surface area contributed by atoms with E-state index in [2.05, 4.69) is 21.0 Å². The van der Waals surface area contributed by atoms with Gasteiger partial charge in [0.2, 0.25) is 0 Å². The van der Waals surface area contributed by atoms with E-state index in [1.54, 1.807) is 0 Å². The second-order valence-electron chi connectivity index (χ2n) is 3.62. The van der Waals surface area contributed by atoms with Crippen molar-refractivity contribution in [2.24, 2.45) is 0 Å². The maximum atomic E-state index is 10.7. The van der Waals surface area contributed by atoms with Crippen LogP contribution in [-0.4, -0.2) is 39.0 Å². The Morgan fingerprint density at radius 3 is 2.67 bits per heavy atom. The van der Waals surface area contributed by atoms with Gasteiger partial charge in [0, 0.05) is 19.3 Å². The van der Waals surface area contributed by atoms with Crippen LogP contribution in [-0.2, 0) is 0 Å². The molecule has 0 aliphatic carbocycles. The van der Waals surface area contributed by atoms with Crippen LogP contribution in [0.25, 0.3) is 0 Å². The fourth-order valence-electron chi connectivity index (χ4n) is 1.84. The van der Waals surface area contributed by atoms with Crippen LogP contribution in [0.1, 0.15) is 18.9 Å². The number of hydrogen-bond acceptors (Lipinski definition) is 2. The summed E-state index contributed by atoms with van der Waals surface area (Å²) in [5.74, 6) is 0. The topological polar surface area (TPSA) is 58.4 Å². The van der Waals surface area contributed by atoms with Crippen LogP contribution in [0.3, 0.4) is 0 Å². The molecule has 15 heavy (non-hydrogen) atoms. The molecule has 1 amide bonds. The Morgan fingerprint density at radius 1 is 1.53 bits per heavy atom. The van der Waals surface area contributed by atoms with Gasteiger partial charge in [-0.15, -0.1) is 0 Å². The van der Waals surface area contributed by atoms with Crippen molar-refractivity contribution in [1.29, 1.82) is 0 Å². The van der Waals surface area contributed by atoms with E-state index in [1.165, 1.54) is 4.90 Å². The third-order valence-electron chi connectivity index (χ3n) is 2.68. The molecule has 1 saturated heterocycles. The molecule has 6 heteroatoms. The summed E-state index contributed by atoms with van der Waals surface area (Å²) in [6.07, 6.45) is 2.77. The first-order valence-corrected chi connectivity index (χ1v) is 5.64. The van der Waals surface area contributed by atoms with Gasteiger partial charge in [-0.1, -0.05) is 0 Å². The molecule has 2 heterocycles. The van der Waals surface area contributed by atoms with Crippen molar-refractivity contribution < 1.29 is 9.90 Å². The van der Waals surface area contributed by atoms with Gasteiger partial charge in [0.15, 0.2) is 0 Å². The molecular weight excluding hydrogens is 262 g/mol. The van der Waals surface area contributed by atoms with E-state index in [4.69, 9.17) is 5.11 Å². The summed E-state index contributed by atoms with van der Waals surface area (Å²) >= 11 is 3.30. The second kappa shape index (κ2) is 4.22. The first-order valence-electron chi connectivity index (χ1n) is 4.85. The molecule has 0 spiro atoms. The zero-order valence-electron chi connectivity index (χ0n) is 8.14. The first-order chi connectivity index (χ1) is 7.16. The van der Waals surface area contributed by atoms with Crippen molar-refractivity contribution in [3.63, 3.8) is 0 Å². The lowest BCUT2D eigenvalue weighted by molar-refractivity contribution is 0.124. The van der Waals surface area contributed by atoms with Crippen molar-refractivity contribution in [3.05, 3.63) is 16.9 Å². The molecule has 0 radical (unpaired) electrons. The number of carboxylic acid groups (broad SMARTS) is 1. The van der Waals surface area contributed by atoms with Gasteiger partial charge in [0.05, 0.1) is 6.04 Å². The minimum atomic E-state index is -0.824. The van der Waals surface area contributed by atoms with Gasteiger partial charge >= 0.3 is 6.09 Å². The normalized spacial score (nSPS) is 18.1. The maximum absolute atomic E-state index is 10.7. The SMILES string of the molecule is O=C(O)N1CCC(n2ccc(Br)n2)CC1. The number of hydrogen-bond donors (Lipinski definition) is 1. The maximum Gasteiger partial charge on any atom is 0.407 e. The van der Waals surface area contributed by atoms with Gasteiger partial charge < -0.3 is 10.0 Å². The van der Waals surface area contributed by atoms with Crippen LogP contribution in [0, 0.1) is 0 Å². The Balaban J connectivity index is 1.96. The average molecular weight is 274 g/mol. The van der Waals surface area contributed by atoms with Crippen LogP contribution in [0.5, 0.6) is 0 Å². The highest BCUT2D eigenvalue weighted by Gasteiger charge is 2.23. The van der Waals surface area contributed by atoms with E-state index in [0.29, 0.717) is 19.1 Å². The molecule has 5 nitrogen and oxygen atoms in total. The summed E-state index contributed by atoms with van der Waals surface area (Å²) < 4.78 is 2.73. The Hall–Kier alpha value is -1.04. The number of aromatic nitrogens is 2. The van der Waals surface area contributed by atoms with Gasteiger partial charge in [0.25, 0.3) is 0 Å². The van der Waals surface area contributed by atoms with Gasteiger partial charge in [-0.05, 0) is 34.8 Å². The summed E-state index contributed by atoms with van der Waals surface area (Å²) in [4.78, 5) is 12.2. The molecule has 1 aromatic rings. The number of likely N-dealkylation sites (tertiary alicyclic amines) is 1. The van der Waals surface area contributed by atoms with Crippen LogP contribution < -0.4 is 0 Å². The lowest BCUT2D eigenvalue weighted by Crippen LogP contribution is -2.38. The third kappa shape index (κ3) is 2.31. The van der Waals surface area contributed by atoms with Crippen molar-refractivity contribution in [3.8, 4) is 0 Å². The molecule has 82 valence electrons. The quantitative estimate of drug-likeness (QED) is 0.851. The summed E-state index contributed by atoms with van der Waals surface area (Å²) in [7, 11) is 0. The van der Waals surface area contributed by atoms with Gasteiger partial charge in [0.1, 0.15) is 4.60 Å². The Labute approximate surface area is 95.8 Å². The molecule has 1 aliphatic heterocycles. The largest absolute Gasteiger partial charge is 0.465 e. The summed E-state index contributed by atoms with van der Waals surface area (Å²) in [5.41, 5.74) is 0. The lowest BCUT2D eigenvalue weighted by Gasteiger charge is -2.29. The summed E-state index contributed by atoms with van der Waals surface area (Å²) in [5, 5.41) is 13.1. The highest BCUT2D eigenvalue weighted by molar-refractivity contribution is 9.10. The zero-order valence-corrected chi connectivity index (χ0v) is 9.72. The number of nitrogens with zero attached hydrogens (tertiary/aromatic N) is 3. The predicted molar refractivity (Wildman–Crippen MR) is 57.8 cm³/mol. The Morgan fingerprint density at radius 2 is 2.20 bits per heavy atom. The smallest absolute Gasteiger partial charge is 0.407 e. The van der Waals surface area contributed by atoms with Gasteiger partial charge in [-0.25, -0.2) is 4.79 Å². The first kappa shape index (κ1) is 10.5. The molecule has 1 N–H and O–H groups in total. The average Bonchev–Trinajstić information content (AvgIpc) is 2.65. The second-order valence-corrected chi connectivity index (χ2v) is 4.43. The van der Waals surface area contributed by atoms with Crippen molar-refractivity contribution >= 4 is 22.0 Å². The van der Waals surface area contributed by atoms with Crippen molar-refractivity contribution in [1.82, 2.24) is 14.7 Å². The molecule has 2 rings (SSSR count). The van der Waals surface area contributed by atoms with Crippen LogP contribution in [0.15, 0.2) is 16.9 Å². The van der Waals surface area contributed by atoms with E-state index in [0.717, 1.165) is 17.4 Å². The molecular formula is C9H12BrN3O2. The van der Waals surface area contributed by atoms with E-state index in [-0.39, 0.29) is 0 Å². The summed E-state index contributed by atoms with van der Waals surface area (Å²) in [6.45, 7) is 1.19. The highest BCUT2D eigenvalue weighted by Crippen LogP contribution is 2.22. The number of halogens is 1. The van der Waals surface area contributed by atoms with Crippen molar-refractivity contribution in [2.75, 3.05) is 13.1 Å². The number of rotatable bonds is 1. The molecule has 1 fully saturated rings. The standard InChI is InChI=1S/C9H12BrN3O2/c10-8-3-6-13(11-8)7-1-4-12(5-2-7)9(14)15/h3,6-7H,1-2,4-5H2,(H,14,15). The van der Waals surface area contributed by atoms with E-state index in [1.807, 2.05) is 16.9 Å². The molecule has 0 bridgehead atoms. The van der Waals surface area contributed by atoms with E-state index >= 15 is 0 Å². The van der Waals surface area contributed by atoms with Gasteiger partial charge in [-0.3, -0.25) is 4.68 Å². The minimum Gasteiger partial charge on any atom is -0.465 e. The van der Waals surface area contributed by atoms with Crippen LogP contribution in [0.2, 0.25) is 0 Å². The molecule has 1 aliphatic rings. The minimum absolute atomic E-state index is 0.326. The van der Waals surface area contributed by atoms with E-state index in [9.17, 15) is 4.79 Å². The molecule has 0 unspecified atom stereocenters. The number of carbonyl (C=O) groups is 1. The van der Waals surface area contributed by atoms with Crippen LogP contribution in [0.4, 0.5) is 4.79 Å². The van der Waals surface area contributed by atoms with Crippen LogP contribution >= 0.6 is 15.9 Å². The Bertz CT molecular complexity index is 358. The fraction of sp³-hybridized carbons (Fsp3) is 0.556. The zero-order chi connectivity index (χ0) is 10.8.